The second-order valence-corrected chi connectivity index (χ2v) is 19.1. The largest absolute Gasteiger partial charge is 0.485 e. The number of nitrogens with one attached hydrogen (secondary N) is 2. The molecular formula is C40H51N3O8S. The number of nitrogens with zero attached hydrogens (tertiary/aromatic N) is 1. The van der Waals surface area contributed by atoms with Crippen molar-refractivity contribution in [3.63, 3.8) is 0 Å². The van der Waals surface area contributed by atoms with E-state index in [1.807, 2.05) is 36.4 Å². The fraction of sp³-hybridized carbons (Fsp3) is 0.600. The fourth-order valence-corrected chi connectivity index (χ4v) is 9.58. The highest BCUT2D eigenvalue weighted by atomic mass is 32.2. The first-order valence-electron chi connectivity index (χ1n) is 18.8. The molecule has 0 bridgehead atoms. The van der Waals surface area contributed by atoms with Crippen LogP contribution in [0.4, 0.5) is 0 Å². The van der Waals surface area contributed by atoms with Crippen molar-refractivity contribution in [3.8, 4) is 5.75 Å². The number of carbonyl (C=O) groups excluding carboxylic acids is 4. The molecule has 3 heterocycles. The first-order chi connectivity index (χ1) is 24.5. The monoisotopic (exact) mass is 733 g/mol. The molecule has 2 aromatic rings. The number of amides is 3. The van der Waals surface area contributed by atoms with Crippen molar-refractivity contribution < 1.29 is 37.1 Å². The van der Waals surface area contributed by atoms with Gasteiger partial charge in [-0.1, -0.05) is 55.3 Å². The number of esters is 1. The lowest BCUT2D eigenvalue weighted by Crippen LogP contribution is -2.57. The van der Waals surface area contributed by atoms with Crippen LogP contribution in [0.15, 0.2) is 48.6 Å². The van der Waals surface area contributed by atoms with Gasteiger partial charge in [-0.15, -0.1) is 0 Å². The van der Waals surface area contributed by atoms with Crippen LogP contribution in [0.3, 0.4) is 0 Å². The van der Waals surface area contributed by atoms with E-state index in [1.165, 1.54) is 0 Å². The Hall–Kier alpha value is -3.93. The molecule has 5 aliphatic rings. The van der Waals surface area contributed by atoms with Crippen LogP contribution in [-0.2, 0) is 40.4 Å². The summed E-state index contributed by atoms with van der Waals surface area (Å²) in [5.41, 5.74) is -1.98. The first-order valence-corrected chi connectivity index (χ1v) is 20.3. The Bertz CT molecular complexity index is 1930. The fourth-order valence-electron chi connectivity index (χ4n) is 8.26. The van der Waals surface area contributed by atoms with E-state index in [2.05, 4.69) is 22.2 Å². The molecular weight excluding hydrogens is 683 g/mol. The van der Waals surface area contributed by atoms with Crippen molar-refractivity contribution in [1.82, 2.24) is 14.9 Å². The average Bonchev–Trinajstić information content (AvgIpc) is 3.97. The molecule has 12 heteroatoms. The predicted octanol–water partition coefficient (Wildman–Crippen LogP) is 5.25. The Balaban J connectivity index is 1.22. The number of hydrogen-bond donors (Lipinski definition) is 2. The SMILES string of the molecule is CC(C)(C)OC(=O)C[C@H]1CCCCC/C=C\[C@@H]2C[C@@]2(C(=O)NS(=O)(=O)C2(C)CC2)NC(=O)[C@@H]2C[C@@]3(CCc4c(ccc5ccccc45)O3)CN2C1=O. The number of fused-ring (bicyclic) bond motifs is 5. The standard InChI is InChI=1S/C40H51N3O8S/c1-37(2,3)51-33(44)22-27-13-8-6-5-7-9-14-28-23-40(28,36(47)42-52(48,49)38(4)20-21-38)41-34(45)31-24-39(25-43(31)35(27)46)19-18-30-29-15-11-10-12-26(29)16-17-32(30)50-39/h9-12,14-17,27-28,31H,5-8,13,18-25H2,1-4H3,(H,41,45)(H,42,47)/b14-9-/t27-,28-,31+,39+,40-/m1/s1. The maximum atomic E-state index is 14.7. The number of allylic oxidation sites excluding steroid dienone is 1. The molecule has 2 aromatic carbocycles. The van der Waals surface area contributed by atoms with E-state index >= 15 is 0 Å². The molecule has 3 fully saturated rings. The van der Waals surface area contributed by atoms with Gasteiger partial charge in [0.2, 0.25) is 21.8 Å². The quantitative estimate of drug-likeness (QED) is 0.313. The topological polar surface area (TPSA) is 148 Å². The molecule has 0 aromatic heterocycles. The van der Waals surface area contributed by atoms with Crippen LogP contribution in [0, 0.1) is 11.8 Å². The maximum absolute atomic E-state index is 14.7. The van der Waals surface area contributed by atoms with Crippen LogP contribution in [0.5, 0.6) is 5.75 Å². The Kier molecular flexibility index (Phi) is 9.23. The molecule has 2 aliphatic carbocycles. The summed E-state index contributed by atoms with van der Waals surface area (Å²) in [6.07, 6.45) is 9.95. The highest BCUT2D eigenvalue weighted by Gasteiger charge is 2.64. The molecule has 2 saturated carbocycles. The zero-order valence-electron chi connectivity index (χ0n) is 30.7. The van der Waals surface area contributed by atoms with Gasteiger partial charge in [-0.05, 0) is 95.9 Å². The molecule has 1 saturated heterocycles. The molecule has 280 valence electrons. The lowest BCUT2D eigenvalue weighted by atomic mass is 9.87. The Morgan fingerprint density at radius 3 is 2.56 bits per heavy atom. The molecule has 3 amide bonds. The van der Waals surface area contributed by atoms with Crippen LogP contribution in [-0.4, -0.2) is 71.1 Å². The van der Waals surface area contributed by atoms with E-state index in [1.54, 1.807) is 32.6 Å². The van der Waals surface area contributed by atoms with Gasteiger partial charge in [-0.25, -0.2) is 8.42 Å². The third-order valence-corrected chi connectivity index (χ3v) is 13.9. The molecule has 0 unspecified atom stereocenters. The van der Waals surface area contributed by atoms with Crippen LogP contribution in [0.25, 0.3) is 10.8 Å². The Labute approximate surface area is 306 Å². The van der Waals surface area contributed by atoms with Gasteiger partial charge in [0, 0.05) is 23.8 Å². The number of hydrogen-bond acceptors (Lipinski definition) is 8. The summed E-state index contributed by atoms with van der Waals surface area (Å²) >= 11 is 0. The van der Waals surface area contributed by atoms with Crippen molar-refractivity contribution in [2.24, 2.45) is 11.8 Å². The summed E-state index contributed by atoms with van der Waals surface area (Å²) in [5.74, 6) is -2.48. The van der Waals surface area contributed by atoms with E-state index in [0.717, 1.165) is 35.6 Å². The minimum absolute atomic E-state index is 0.116. The van der Waals surface area contributed by atoms with Crippen molar-refractivity contribution in [1.29, 1.82) is 0 Å². The summed E-state index contributed by atoms with van der Waals surface area (Å²) in [6.45, 7) is 7.11. The molecule has 5 atom stereocenters. The summed E-state index contributed by atoms with van der Waals surface area (Å²) in [4.78, 5) is 57.8. The molecule has 1 spiro atoms. The number of aryl methyl sites for hydroxylation is 1. The molecule has 0 radical (unpaired) electrons. The molecule has 11 nitrogen and oxygen atoms in total. The molecule has 2 N–H and O–H groups in total. The number of carbonyl (C=O) groups is 4. The predicted molar refractivity (Wildman–Crippen MR) is 196 cm³/mol. The van der Waals surface area contributed by atoms with Gasteiger partial charge in [0.1, 0.15) is 28.5 Å². The summed E-state index contributed by atoms with van der Waals surface area (Å²) in [6, 6.07) is 11.1. The maximum Gasteiger partial charge on any atom is 0.307 e. The summed E-state index contributed by atoms with van der Waals surface area (Å²) < 4.78 is 40.1. The van der Waals surface area contributed by atoms with Gasteiger partial charge < -0.3 is 19.7 Å². The lowest BCUT2D eigenvalue weighted by molar-refractivity contribution is -0.159. The van der Waals surface area contributed by atoms with Gasteiger partial charge in [-0.3, -0.25) is 23.9 Å². The zero-order valence-corrected chi connectivity index (χ0v) is 31.5. The van der Waals surface area contributed by atoms with Gasteiger partial charge in [0.15, 0.2) is 0 Å². The summed E-state index contributed by atoms with van der Waals surface area (Å²) in [7, 11) is -3.96. The Morgan fingerprint density at radius 1 is 1.04 bits per heavy atom. The van der Waals surface area contributed by atoms with E-state index in [0.29, 0.717) is 44.3 Å². The van der Waals surface area contributed by atoms with Crippen molar-refractivity contribution in [2.45, 2.75) is 132 Å². The first kappa shape index (κ1) is 36.4. The number of sulfonamides is 1. The minimum Gasteiger partial charge on any atom is -0.485 e. The van der Waals surface area contributed by atoms with Gasteiger partial charge >= 0.3 is 5.97 Å². The van der Waals surface area contributed by atoms with E-state index < -0.39 is 67.2 Å². The Morgan fingerprint density at radius 2 is 1.81 bits per heavy atom. The van der Waals surface area contributed by atoms with Crippen LogP contribution in [0.2, 0.25) is 0 Å². The average molecular weight is 734 g/mol. The van der Waals surface area contributed by atoms with Gasteiger partial charge in [0.25, 0.3) is 5.91 Å². The van der Waals surface area contributed by atoms with Gasteiger partial charge in [-0.2, -0.15) is 0 Å². The van der Waals surface area contributed by atoms with E-state index in [-0.39, 0.29) is 31.7 Å². The second kappa shape index (κ2) is 13.2. The summed E-state index contributed by atoms with van der Waals surface area (Å²) in [5, 5.41) is 5.17. The van der Waals surface area contributed by atoms with Crippen molar-refractivity contribution in [2.75, 3.05) is 6.54 Å². The number of rotatable bonds is 5. The minimum atomic E-state index is -3.96. The van der Waals surface area contributed by atoms with Crippen molar-refractivity contribution >= 4 is 44.5 Å². The lowest BCUT2D eigenvalue weighted by Gasteiger charge is -2.36. The van der Waals surface area contributed by atoms with E-state index in [9.17, 15) is 27.6 Å². The highest BCUT2D eigenvalue weighted by Crippen LogP contribution is 2.49. The van der Waals surface area contributed by atoms with Crippen LogP contribution in [0.1, 0.15) is 104 Å². The van der Waals surface area contributed by atoms with E-state index in [4.69, 9.17) is 9.47 Å². The second-order valence-electron chi connectivity index (χ2n) is 16.9. The third kappa shape index (κ3) is 7.07. The van der Waals surface area contributed by atoms with Crippen LogP contribution < -0.4 is 14.8 Å². The van der Waals surface area contributed by atoms with Crippen LogP contribution >= 0.6 is 0 Å². The zero-order chi connectivity index (χ0) is 37.1. The molecule has 7 rings (SSSR count). The highest BCUT2D eigenvalue weighted by molar-refractivity contribution is 7.91. The number of benzene rings is 2. The third-order valence-electron chi connectivity index (χ3n) is 11.7. The molecule has 3 aliphatic heterocycles. The smallest absolute Gasteiger partial charge is 0.307 e. The number of ether oxygens (including phenoxy) is 2. The van der Waals surface area contributed by atoms with Gasteiger partial charge in [0.05, 0.1) is 17.7 Å². The molecule has 52 heavy (non-hydrogen) atoms. The van der Waals surface area contributed by atoms with Crippen molar-refractivity contribution in [3.05, 3.63) is 54.1 Å². The normalized spacial score (nSPS) is 30.8.